The number of carbonyl (C=O) groups is 2. The minimum absolute atomic E-state index is 0.0814. The molecular formula is C17H24N2O4. The number of hydrogen-bond acceptors (Lipinski definition) is 4. The van der Waals surface area contributed by atoms with Crippen molar-refractivity contribution >= 4 is 11.9 Å². The van der Waals surface area contributed by atoms with Crippen molar-refractivity contribution in [1.82, 2.24) is 10.1 Å². The summed E-state index contributed by atoms with van der Waals surface area (Å²) in [5, 5.41) is 13.6. The smallest absolute Gasteiger partial charge is 0.326 e. The molecule has 0 radical (unpaired) electrons. The number of hydrogen-bond donors (Lipinski definition) is 1. The Labute approximate surface area is 135 Å². The Bertz CT molecular complexity index is 593. The number of aromatic nitrogens is 1. The Morgan fingerprint density at radius 3 is 2.78 bits per heavy atom. The third kappa shape index (κ3) is 2.75. The van der Waals surface area contributed by atoms with Crippen molar-refractivity contribution in [1.29, 1.82) is 0 Å². The first kappa shape index (κ1) is 16.0. The van der Waals surface area contributed by atoms with Gasteiger partial charge < -0.3 is 14.5 Å². The van der Waals surface area contributed by atoms with Gasteiger partial charge in [-0.2, -0.15) is 0 Å². The van der Waals surface area contributed by atoms with Crippen LogP contribution >= 0.6 is 0 Å². The number of rotatable bonds is 5. The predicted octanol–water partition coefficient (Wildman–Crippen LogP) is 2.90. The van der Waals surface area contributed by atoms with Crippen molar-refractivity contribution in [2.24, 2.45) is 11.8 Å². The van der Waals surface area contributed by atoms with E-state index in [1.807, 2.05) is 0 Å². The number of amides is 1. The van der Waals surface area contributed by atoms with Crippen LogP contribution in [0.4, 0.5) is 0 Å². The fraction of sp³-hybridized carbons (Fsp3) is 0.706. The summed E-state index contributed by atoms with van der Waals surface area (Å²) in [5.41, 5.74) is 0.782. The van der Waals surface area contributed by atoms with E-state index in [1.165, 1.54) is 4.90 Å². The van der Waals surface area contributed by atoms with Gasteiger partial charge in [-0.25, -0.2) is 4.79 Å². The van der Waals surface area contributed by atoms with Crippen molar-refractivity contribution in [3.05, 3.63) is 17.5 Å². The van der Waals surface area contributed by atoms with Crippen LogP contribution in [0.15, 0.2) is 10.6 Å². The van der Waals surface area contributed by atoms with E-state index in [0.717, 1.165) is 37.8 Å². The molecular weight excluding hydrogens is 296 g/mol. The van der Waals surface area contributed by atoms with Crippen molar-refractivity contribution in [3.8, 4) is 0 Å². The van der Waals surface area contributed by atoms with Gasteiger partial charge >= 0.3 is 5.97 Å². The highest BCUT2D eigenvalue weighted by molar-refractivity contribution is 5.95. The maximum atomic E-state index is 12.7. The highest BCUT2D eigenvalue weighted by Crippen LogP contribution is 2.42. The van der Waals surface area contributed by atoms with Gasteiger partial charge in [0.15, 0.2) is 0 Å². The summed E-state index contributed by atoms with van der Waals surface area (Å²) in [6.07, 6.45) is 4.82. The first-order valence-electron chi connectivity index (χ1n) is 8.57. The number of carboxylic acids is 1. The number of carboxylic acid groups (broad SMARTS) is 1. The molecule has 1 saturated heterocycles. The van der Waals surface area contributed by atoms with E-state index >= 15 is 0 Å². The van der Waals surface area contributed by atoms with Crippen molar-refractivity contribution < 1.29 is 19.2 Å². The van der Waals surface area contributed by atoms with E-state index in [4.69, 9.17) is 4.52 Å². The summed E-state index contributed by atoms with van der Waals surface area (Å²) in [6, 6.07) is 0.962. The van der Waals surface area contributed by atoms with E-state index in [0.29, 0.717) is 12.5 Å². The molecule has 0 aromatic carbocycles. The van der Waals surface area contributed by atoms with Gasteiger partial charge in [0.1, 0.15) is 6.04 Å². The molecule has 2 fully saturated rings. The molecule has 3 unspecified atom stereocenters. The molecule has 1 aliphatic heterocycles. The molecule has 126 valence electrons. The maximum Gasteiger partial charge on any atom is 0.326 e. The molecule has 6 heteroatoms. The first-order chi connectivity index (χ1) is 11.1. The normalized spacial score (nSPS) is 26.7. The minimum atomic E-state index is -0.910. The lowest BCUT2D eigenvalue weighted by Crippen LogP contribution is -2.43. The van der Waals surface area contributed by atoms with Crippen LogP contribution in [0.25, 0.3) is 0 Å². The summed E-state index contributed by atoms with van der Waals surface area (Å²) < 4.78 is 5.24. The van der Waals surface area contributed by atoms with Gasteiger partial charge in [-0.1, -0.05) is 25.4 Å². The fourth-order valence-corrected chi connectivity index (χ4v) is 4.26. The Kier molecular flexibility index (Phi) is 4.41. The summed E-state index contributed by atoms with van der Waals surface area (Å²) >= 11 is 0. The molecule has 0 bridgehead atoms. The molecule has 2 aliphatic rings. The largest absolute Gasteiger partial charge is 0.480 e. The van der Waals surface area contributed by atoms with E-state index in [9.17, 15) is 14.7 Å². The van der Waals surface area contributed by atoms with Gasteiger partial charge in [0.2, 0.25) is 5.76 Å². The SMILES string of the molecule is CCC(CC)c1cc(C(=O)N2CC3CCCC3C2C(=O)O)on1. The lowest BCUT2D eigenvalue weighted by Gasteiger charge is -2.23. The monoisotopic (exact) mass is 320 g/mol. The summed E-state index contributed by atoms with van der Waals surface area (Å²) in [5.74, 6) is -0.421. The van der Waals surface area contributed by atoms with Gasteiger partial charge in [-0.3, -0.25) is 4.79 Å². The molecule has 1 aliphatic carbocycles. The topological polar surface area (TPSA) is 83.6 Å². The molecule has 1 N–H and O–H groups in total. The number of fused-ring (bicyclic) bond motifs is 1. The van der Waals surface area contributed by atoms with Crippen LogP contribution in [0.1, 0.15) is 68.1 Å². The van der Waals surface area contributed by atoms with Gasteiger partial charge in [-0.15, -0.1) is 0 Å². The molecule has 3 rings (SSSR count). The molecule has 23 heavy (non-hydrogen) atoms. The van der Waals surface area contributed by atoms with Crippen molar-refractivity contribution in [3.63, 3.8) is 0 Å². The van der Waals surface area contributed by atoms with Crippen LogP contribution in [0.2, 0.25) is 0 Å². The fourth-order valence-electron chi connectivity index (χ4n) is 4.26. The number of carbonyl (C=O) groups excluding carboxylic acids is 1. The zero-order valence-electron chi connectivity index (χ0n) is 13.7. The van der Waals surface area contributed by atoms with Gasteiger partial charge in [0.05, 0.1) is 5.69 Å². The highest BCUT2D eigenvalue weighted by atomic mass is 16.5. The zero-order chi connectivity index (χ0) is 16.6. The maximum absolute atomic E-state index is 12.7. The van der Waals surface area contributed by atoms with Crippen LogP contribution < -0.4 is 0 Å². The molecule has 1 saturated carbocycles. The molecule has 0 spiro atoms. The number of aliphatic carboxylic acids is 1. The first-order valence-corrected chi connectivity index (χ1v) is 8.57. The molecule has 1 aromatic heterocycles. The molecule has 1 amide bonds. The summed E-state index contributed by atoms with van der Waals surface area (Å²) in [7, 11) is 0. The van der Waals surface area contributed by atoms with E-state index in [-0.39, 0.29) is 23.5 Å². The number of likely N-dealkylation sites (tertiary alicyclic amines) is 1. The average Bonchev–Trinajstić information content (AvgIpc) is 3.22. The third-order valence-electron chi connectivity index (χ3n) is 5.55. The van der Waals surface area contributed by atoms with Crippen LogP contribution in [0.5, 0.6) is 0 Å². The highest BCUT2D eigenvalue weighted by Gasteiger charge is 2.50. The van der Waals surface area contributed by atoms with Crippen LogP contribution in [-0.4, -0.2) is 39.6 Å². The quantitative estimate of drug-likeness (QED) is 0.902. The predicted molar refractivity (Wildman–Crippen MR) is 83.1 cm³/mol. The Morgan fingerprint density at radius 1 is 1.39 bits per heavy atom. The van der Waals surface area contributed by atoms with E-state index in [1.54, 1.807) is 6.07 Å². The second-order valence-electron chi connectivity index (χ2n) is 6.72. The number of nitrogens with zero attached hydrogens (tertiary/aromatic N) is 2. The van der Waals surface area contributed by atoms with Crippen LogP contribution in [0.3, 0.4) is 0 Å². The van der Waals surface area contributed by atoms with Gasteiger partial charge in [-0.05, 0) is 37.5 Å². The molecule has 3 atom stereocenters. The summed E-state index contributed by atoms with van der Waals surface area (Å²) in [6.45, 7) is 4.67. The third-order valence-corrected chi connectivity index (χ3v) is 5.55. The van der Waals surface area contributed by atoms with Crippen molar-refractivity contribution in [2.45, 2.75) is 57.9 Å². The van der Waals surface area contributed by atoms with Crippen LogP contribution in [-0.2, 0) is 4.79 Å². The Balaban J connectivity index is 1.81. The standard InChI is InChI=1S/C17H24N2O4/c1-3-10(4-2)13-8-14(23-18-13)16(20)19-9-11-6-5-7-12(11)15(19)17(21)22/h8,10-12,15H,3-7,9H2,1-2H3,(H,21,22). The molecule has 1 aromatic rings. The molecule has 2 heterocycles. The van der Waals surface area contributed by atoms with Gasteiger partial charge in [0.25, 0.3) is 5.91 Å². The van der Waals surface area contributed by atoms with E-state index in [2.05, 4.69) is 19.0 Å². The zero-order valence-corrected chi connectivity index (χ0v) is 13.7. The van der Waals surface area contributed by atoms with Crippen molar-refractivity contribution in [2.75, 3.05) is 6.54 Å². The molecule has 6 nitrogen and oxygen atoms in total. The van der Waals surface area contributed by atoms with Crippen LogP contribution in [0, 0.1) is 11.8 Å². The Morgan fingerprint density at radius 2 is 2.13 bits per heavy atom. The second-order valence-corrected chi connectivity index (χ2v) is 6.72. The van der Waals surface area contributed by atoms with E-state index < -0.39 is 12.0 Å². The average molecular weight is 320 g/mol. The lowest BCUT2D eigenvalue weighted by atomic mass is 9.94. The summed E-state index contributed by atoms with van der Waals surface area (Å²) in [4.78, 5) is 25.9. The minimum Gasteiger partial charge on any atom is -0.480 e. The second kappa shape index (κ2) is 6.34. The lowest BCUT2D eigenvalue weighted by molar-refractivity contribution is -0.142. The van der Waals surface area contributed by atoms with Gasteiger partial charge in [0, 0.05) is 18.5 Å². The Hall–Kier alpha value is -1.85.